The third-order valence-electron chi connectivity index (χ3n) is 3.25. The number of H-pyrrole nitrogens is 1. The number of aromatic nitrogens is 2. The smallest absolute Gasteiger partial charge is 0.265 e. The maximum Gasteiger partial charge on any atom is 0.265 e. The highest BCUT2D eigenvalue weighted by atomic mass is 16.3. The van der Waals surface area contributed by atoms with Gasteiger partial charge in [-0.05, 0) is 25.7 Å². The number of aliphatic hydroxyl groups excluding tert-OH is 1. The van der Waals surface area contributed by atoms with Crippen molar-refractivity contribution in [2.45, 2.75) is 44.4 Å². The lowest BCUT2D eigenvalue weighted by Gasteiger charge is -2.26. The molecule has 1 saturated carbocycles. The molecule has 0 bridgehead atoms. The van der Waals surface area contributed by atoms with Crippen LogP contribution in [0.15, 0.2) is 21.7 Å². The molecule has 7 heteroatoms. The SMILES string of the molecule is O=C(Cn1[nH]c(=O)ccc1=O)NC1CCC(O)CC1. The minimum absolute atomic E-state index is 0.0297. The van der Waals surface area contributed by atoms with Gasteiger partial charge in [-0.3, -0.25) is 19.5 Å². The second-order valence-electron chi connectivity index (χ2n) is 4.81. The van der Waals surface area contributed by atoms with E-state index in [1.807, 2.05) is 0 Å². The molecule has 1 aromatic heterocycles. The molecular formula is C12H17N3O4. The number of rotatable bonds is 3. The summed E-state index contributed by atoms with van der Waals surface area (Å²) < 4.78 is 0.981. The number of carbonyl (C=O) groups excluding carboxylic acids is 1. The minimum Gasteiger partial charge on any atom is -0.393 e. The summed E-state index contributed by atoms with van der Waals surface area (Å²) in [5.74, 6) is -0.315. The van der Waals surface area contributed by atoms with E-state index in [1.165, 1.54) is 0 Å². The molecule has 2 rings (SSSR count). The van der Waals surface area contributed by atoms with Gasteiger partial charge in [0.1, 0.15) is 6.54 Å². The number of hydrogen-bond donors (Lipinski definition) is 3. The van der Waals surface area contributed by atoms with E-state index in [4.69, 9.17) is 0 Å². The van der Waals surface area contributed by atoms with E-state index < -0.39 is 11.1 Å². The molecule has 0 unspecified atom stereocenters. The number of carbonyl (C=O) groups is 1. The number of aromatic amines is 1. The highest BCUT2D eigenvalue weighted by Crippen LogP contribution is 2.18. The van der Waals surface area contributed by atoms with Gasteiger partial charge >= 0.3 is 0 Å². The number of amides is 1. The molecule has 1 aliphatic rings. The zero-order chi connectivity index (χ0) is 13.8. The van der Waals surface area contributed by atoms with Crippen LogP contribution in [0, 0.1) is 0 Å². The van der Waals surface area contributed by atoms with Gasteiger partial charge in [0.15, 0.2) is 0 Å². The van der Waals surface area contributed by atoms with Gasteiger partial charge in [-0.25, -0.2) is 4.68 Å². The third kappa shape index (κ3) is 3.78. The van der Waals surface area contributed by atoms with E-state index in [-0.39, 0.29) is 24.6 Å². The summed E-state index contributed by atoms with van der Waals surface area (Å²) in [6, 6.07) is 2.28. The average Bonchev–Trinajstić information content (AvgIpc) is 2.37. The van der Waals surface area contributed by atoms with Crippen molar-refractivity contribution in [3.8, 4) is 0 Å². The van der Waals surface area contributed by atoms with Crippen molar-refractivity contribution in [3.63, 3.8) is 0 Å². The number of hydrogen-bond acceptors (Lipinski definition) is 4. The Hall–Kier alpha value is -1.89. The first-order valence-electron chi connectivity index (χ1n) is 6.32. The van der Waals surface area contributed by atoms with E-state index in [9.17, 15) is 19.5 Å². The van der Waals surface area contributed by atoms with Gasteiger partial charge in [-0.2, -0.15) is 0 Å². The van der Waals surface area contributed by atoms with Crippen molar-refractivity contribution in [3.05, 3.63) is 32.8 Å². The van der Waals surface area contributed by atoms with Crippen LogP contribution in [0.3, 0.4) is 0 Å². The van der Waals surface area contributed by atoms with Crippen LogP contribution in [0.4, 0.5) is 0 Å². The molecule has 1 heterocycles. The number of nitrogens with one attached hydrogen (secondary N) is 2. The lowest BCUT2D eigenvalue weighted by atomic mass is 9.93. The summed E-state index contributed by atoms with van der Waals surface area (Å²) in [6.45, 7) is -0.200. The van der Waals surface area contributed by atoms with Crippen molar-refractivity contribution in [1.82, 2.24) is 15.1 Å². The molecule has 1 fully saturated rings. The summed E-state index contributed by atoms with van der Waals surface area (Å²) in [5, 5.41) is 14.5. The van der Waals surface area contributed by atoms with Crippen molar-refractivity contribution < 1.29 is 9.90 Å². The molecule has 1 aromatic rings. The fraction of sp³-hybridized carbons (Fsp3) is 0.583. The van der Waals surface area contributed by atoms with Gasteiger partial charge in [0, 0.05) is 18.2 Å². The molecule has 1 amide bonds. The summed E-state index contributed by atoms with van der Waals surface area (Å²) in [6.07, 6.45) is 2.53. The Morgan fingerprint density at radius 1 is 1.32 bits per heavy atom. The summed E-state index contributed by atoms with van der Waals surface area (Å²) in [4.78, 5) is 34.3. The molecule has 19 heavy (non-hydrogen) atoms. The van der Waals surface area contributed by atoms with Crippen LogP contribution in [0.1, 0.15) is 25.7 Å². The van der Waals surface area contributed by atoms with Crippen LogP contribution in [-0.2, 0) is 11.3 Å². The van der Waals surface area contributed by atoms with Gasteiger partial charge < -0.3 is 10.4 Å². The summed E-state index contributed by atoms with van der Waals surface area (Å²) in [7, 11) is 0. The average molecular weight is 267 g/mol. The maximum atomic E-state index is 11.8. The first-order chi connectivity index (χ1) is 9.04. The van der Waals surface area contributed by atoms with Gasteiger partial charge in [0.25, 0.3) is 11.1 Å². The molecule has 104 valence electrons. The fourth-order valence-corrected chi connectivity index (χ4v) is 2.22. The molecule has 0 spiro atoms. The number of nitrogens with zero attached hydrogens (tertiary/aromatic N) is 1. The Bertz CT molecular complexity index is 555. The standard InChI is InChI=1S/C12H17N3O4/c16-9-3-1-8(2-4-9)13-11(18)7-15-12(19)6-5-10(17)14-15/h5-6,8-9,16H,1-4,7H2,(H,13,18)(H,14,17). The van der Waals surface area contributed by atoms with E-state index >= 15 is 0 Å². The molecule has 1 aliphatic carbocycles. The lowest BCUT2D eigenvalue weighted by Crippen LogP contribution is -2.42. The first kappa shape index (κ1) is 13.5. The van der Waals surface area contributed by atoms with E-state index in [1.54, 1.807) is 0 Å². The Balaban J connectivity index is 1.92. The third-order valence-corrected chi connectivity index (χ3v) is 3.25. The lowest BCUT2D eigenvalue weighted by molar-refractivity contribution is -0.123. The van der Waals surface area contributed by atoms with Crippen molar-refractivity contribution in [2.75, 3.05) is 0 Å². The normalized spacial score (nSPS) is 23.0. The molecule has 7 nitrogen and oxygen atoms in total. The van der Waals surface area contributed by atoms with E-state index in [0.717, 1.165) is 29.7 Å². The maximum absolute atomic E-state index is 11.8. The highest BCUT2D eigenvalue weighted by Gasteiger charge is 2.20. The van der Waals surface area contributed by atoms with Crippen molar-refractivity contribution in [2.24, 2.45) is 0 Å². The van der Waals surface area contributed by atoms with Crippen LogP contribution < -0.4 is 16.4 Å². The Morgan fingerprint density at radius 2 is 2.00 bits per heavy atom. The van der Waals surface area contributed by atoms with Crippen LogP contribution in [0.25, 0.3) is 0 Å². The molecule has 0 saturated heterocycles. The van der Waals surface area contributed by atoms with Crippen LogP contribution in [0.2, 0.25) is 0 Å². The van der Waals surface area contributed by atoms with Crippen LogP contribution in [-0.4, -0.2) is 32.9 Å². The van der Waals surface area contributed by atoms with Gasteiger partial charge in [0.05, 0.1) is 6.10 Å². The Kier molecular flexibility index (Phi) is 4.16. The molecule has 0 aromatic carbocycles. The zero-order valence-electron chi connectivity index (χ0n) is 10.5. The topological polar surface area (TPSA) is 104 Å². The fourth-order valence-electron chi connectivity index (χ4n) is 2.22. The second kappa shape index (κ2) is 5.83. The van der Waals surface area contributed by atoms with E-state index in [0.29, 0.717) is 12.8 Å². The Labute approximate surface area is 109 Å². The van der Waals surface area contributed by atoms with Crippen LogP contribution >= 0.6 is 0 Å². The monoisotopic (exact) mass is 267 g/mol. The highest BCUT2D eigenvalue weighted by molar-refractivity contribution is 5.75. The predicted octanol–water partition coefficient (Wildman–Crippen LogP) is -1.04. The molecule has 0 aliphatic heterocycles. The Morgan fingerprint density at radius 3 is 2.68 bits per heavy atom. The largest absolute Gasteiger partial charge is 0.393 e. The molecule has 0 atom stereocenters. The van der Waals surface area contributed by atoms with Crippen LogP contribution in [0.5, 0.6) is 0 Å². The van der Waals surface area contributed by atoms with Crippen molar-refractivity contribution >= 4 is 5.91 Å². The second-order valence-corrected chi connectivity index (χ2v) is 4.81. The quantitative estimate of drug-likeness (QED) is 0.650. The van der Waals surface area contributed by atoms with Crippen molar-refractivity contribution in [1.29, 1.82) is 0 Å². The first-order valence-corrected chi connectivity index (χ1v) is 6.32. The summed E-state index contributed by atoms with van der Waals surface area (Å²) in [5.41, 5.74) is -0.845. The predicted molar refractivity (Wildman–Crippen MR) is 67.7 cm³/mol. The minimum atomic E-state index is -0.423. The number of aliphatic hydroxyl groups is 1. The van der Waals surface area contributed by atoms with Gasteiger partial charge in [-0.1, -0.05) is 0 Å². The molecular weight excluding hydrogens is 250 g/mol. The molecule has 3 N–H and O–H groups in total. The van der Waals surface area contributed by atoms with Gasteiger partial charge in [0.2, 0.25) is 5.91 Å². The molecule has 0 radical (unpaired) electrons. The zero-order valence-corrected chi connectivity index (χ0v) is 10.5. The van der Waals surface area contributed by atoms with Gasteiger partial charge in [-0.15, -0.1) is 0 Å². The van der Waals surface area contributed by atoms with E-state index in [2.05, 4.69) is 10.4 Å². The summed E-state index contributed by atoms with van der Waals surface area (Å²) >= 11 is 0.